The molecule has 3 nitrogen and oxygen atoms in total. The van der Waals surface area contributed by atoms with Crippen molar-refractivity contribution in [3.8, 4) is 5.75 Å². The Kier molecular flexibility index (Phi) is 5.39. The standard InChI is InChI=1S/C14H17BrN2OS/c1-18-12-4-2-10(3-5-12)8-11(17-16)9-14-13(15)6-7-19-14/h2-7,11,17H,8-9,16H2,1H3. The van der Waals surface area contributed by atoms with Crippen LogP contribution in [0.1, 0.15) is 10.4 Å². The summed E-state index contributed by atoms with van der Waals surface area (Å²) in [5.74, 6) is 6.53. The minimum absolute atomic E-state index is 0.225. The van der Waals surface area contributed by atoms with E-state index in [0.29, 0.717) is 0 Å². The summed E-state index contributed by atoms with van der Waals surface area (Å²) in [4.78, 5) is 1.32. The fraction of sp³-hybridized carbons (Fsp3) is 0.286. The first-order valence-electron chi connectivity index (χ1n) is 6.04. The molecule has 0 aliphatic carbocycles. The van der Waals surface area contributed by atoms with Gasteiger partial charge in [0.25, 0.3) is 0 Å². The van der Waals surface area contributed by atoms with E-state index in [-0.39, 0.29) is 6.04 Å². The minimum atomic E-state index is 0.225. The van der Waals surface area contributed by atoms with Gasteiger partial charge in [0.1, 0.15) is 5.75 Å². The van der Waals surface area contributed by atoms with Gasteiger partial charge >= 0.3 is 0 Å². The van der Waals surface area contributed by atoms with E-state index in [0.717, 1.165) is 23.1 Å². The van der Waals surface area contributed by atoms with Crippen LogP contribution in [0.15, 0.2) is 40.2 Å². The van der Waals surface area contributed by atoms with Crippen LogP contribution >= 0.6 is 27.3 Å². The predicted molar refractivity (Wildman–Crippen MR) is 83.5 cm³/mol. The molecule has 1 heterocycles. The summed E-state index contributed by atoms with van der Waals surface area (Å²) in [6, 6.07) is 10.4. The molecule has 0 saturated carbocycles. The second-order valence-corrected chi connectivity index (χ2v) is 6.17. The summed E-state index contributed by atoms with van der Waals surface area (Å²) in [6.45, 7) is 0. The van der Waals surface area contributed by atoms with Crippen molar-refractivity contribution in [2.75, 3.05) is 7.11 Å². The Morgan fingerprint density at radius 1 is 1.26 bits per heavy atom. The SMILES string of the molecule is COc1ccc(CC(Cc2sccc2Br)NN)cc1. The Balaban J connectivity index is 2.00. The third-order valence-corrected chi connectivity index (χ3v) is 4.95. The first-order valence-corrected chi connectivity index (χ1v) is 7.71. The van der Waals surface area contributed by atoms with E-state index >= 15 is 0 Å². The van der Waals surface area contributed by atoms with Crippen LogP contribution in [0.5, 0.6) is 5.75 Å². The molecule has 0 radical (unpaired) electrons. The number of hydrogen-bond acceptors (Lipinski definition) is 4. The molecule has 0 aliphatic rings. The van der Waals surface area contributed by atoms with Gasteiger partial charge in [0.15, 0.2) is 0 Å². The first kappa shape index (κ1) is 14.5. The fourth-order valence-corrected chi connectivity index (χ4v) is 3.53. The van der Waals surface area contributed by atoms with Crippen LogP contribution < -0.4 is 16.0 Å². The van der Waals surface area contributed by atoms with Crippen LogP contribution in [-0.2, 0) is 12.8 Å². The van der Waals surface area contributed by atoms with E-state index in [1.165, 1.54) is 10.4 Å². The van der Waals surface area contributed by atoms with Crippen LogP contribution in [-0.4, -0.2) is 13.2 Å². The van der Waals surface area contributed by atoms with Crippen molar-refractivity contribution in [3.63, 3.8) is 0 Å². The molecule has 0 aliphatic heterocycles. The van der Waals surface area contributed by atoms with E-state index < -0.39 is 0 Å². The summed E-state index contributed by atoms with van der Waals surface area (Å²) in [5.41, 5.74) is 4.15. The van der Waals surface area contributed by atoms with Gasteiger partial charge in [0, 0.05) is 15.4 Å². The largest absolute Gasteiger partial charge is 0.497 e. The highest BCUT2D eigenvalue weighted by Crippen LogP contribution is 2.24. The number of ether oxygens (including phenoxy) is 1. The molecule has 0 saturated heterocycles. The molecule has 1 aromatic carbocycles. The van der Waals surface area contributed by atoms with Crippen LogP contribution in [0.3, 0.4) is 0 Å². The lowest BCUT2D eigenvalue weighted by molar-refractivity contribution is 0.414. The summed E-state index contributed by atoms with van der Waals surface area (Å²) < 4.78 is 6.32. The van der Waals surface area contributed by atoms with E-state index in [2.05, 4.69) is 44.9 Å². The molecule has 1 atom stereocenters. The van der Waals surface area contributed by atoms with Crippen LogP contribution in [0.2, 0.25) is 0 Å². The topological polar surface area (TPSA) is 47.3 Å². The Hall–Kier alpha value is -0.880. The zero-order valence-corrected chi connectivity index (χ0v) is 13.1. The third-order valence-electron chi connectivity index (χ3n) is 3.00. The zero-order chi connectivity index (χ0) is 13.7. The van der Waals surface area contributed by atoms with Gasteiger partial charge in [-0.05, 0) is 57.9 Å². The van der Waals surface area contributed by atoms with Crippen LogP contribution in [0, 0.1) is 0 Å². The van der Waals surface area contributed by atoms with Crippen molar-refractivity contribution in [1.29, 1.82) is 0 Å². The van der Waals surface area contributed by atoms with E-state index in [4.69, 9.17) is 10.6 Å². The lowest BCUT2D eigenvalue weighted by atomic mass is 10.0. The number of methoxy groups -OCH3 is 1. The monoisotopic (exact) mass is 340 g/mol. The van der Waals surface area contributed by atoms with Gasteiger partial charge in [0.05, 0.1) is 7.11 Å². The highest BCUT2D eigenvalue weighted by atomic mass is 79.9. The highest BCUT2D eigenvalue weighted by molar-refractivity contribution is 9.10. The second kappa shape index (κ2) is 7.05. The molecule has 2 rings (SSSR count). The van der Waals surface area contributed by atoms with Gasteiger partial charge in [0.2, 0.25) is 0 Å². The molecular weight excluding hydrogens is 324 g/mol. The molecule has 3 N–H and O–H groups in total. The maximum atomic E-state index is 5.66. The molecule has 0 amide bonds. The summed E-state index contributed by atoms with van der Waals surface area (Å²) in [5, 5.41) is 2.08. The Labute approximate surface area is 125 Å². The smallest absolute Gasteiger partial charge is 0.118 e. The normalized spacial score (nSPS) is 12.4. The highest BCUT2D eigenvalue weighted by Gasteiger charge is 2.12. The van der Waals surface area contributed by atoms with Gasteiger partial charge in [-0.15, -0.1) is 11.3 Å². The van der Waals surface area contributed by atoms with Crippen LogP contribution in [0.25, 0.3) is 0 Å². The lowest BCUT2D eigenvalue weighted by Crippen LogP contribution is -2.38. The predicted octanol–water partition coefficient (Wildman–Crippen LogP) is 3.14. The molecule has 5 heteroatoms. The number of hydrazine groups is 1. The van der Waals surface area contributed by atoms with Gasteiger partial charge in [-0.3, -0.25) is 11.3 Å². The van der Waals surface area contributed by atoms with Gasteiger partial charge < -0.3 is 4.74 Å². The molecule has 19 heavy (non-hydrogen) atoms. The number of rotatable bonds is 6. The molecule has 102 valence electrons. The molecule has 1 unspecified atom stereocenters. The Morgan fingerprint density at radius 2 is 2.00 bits per heavy atom. The van der Waals surface area contributed by atoms with Gasteiger partial charge in [-0.2, -0.15) is 0 Å². The van der Waals surface area contributed by atoms with Crippen molar-refractivity contribution < 1.29 is 4.74 Å². The average Bonchev–Trinajstić information content (AvgIpc) is 2.84. The van der Waals surface area contributed by atoms with Crippen molar-refractivity contribution in [2.45, 2.75) is 18.9 Å². The van der Waals surface area contributed by atoms with Crippen molar-refractivity contribution in [1.82, 2.24) is 5.43 Å². The molecule has 0 spiro atoms. The molecule has 0 bridgehead atoms. The number of benzene rings is 1. The minimum Gasteiger partial charge on any atom is -0.497 e. The third kappa shape index (κ3) is 4.04. The van der Waals surface area contributed by atoms with E-state index in [1.54, 1.807) is 18.4 Å². The van der Waals surface area contributed by atoms with Gasteiger partial charge in [-0.1, -0.05) is 12.1 Å². The Bertz CT molecular complexity index is 512. The molecule has 2 aromatic rings. The molecule has 0 fully saturated rings. The number of nitrogens with two attached hydrogens (primary N) is 1. The fourth-order valence-electron chi connectivity index (χ4n) is 1.93. The number of nitrogens with one attached hydrogen (secondary N) is 1. The molecule has 1 aromatic heterocycles. The number of halogens is 1. The molecular formula is C14H17BrN2OS. The summed E-state index contributed by atoms with van der Waals surface area (Å²) in [7, 11) is 1.67. The average molecular weight is 341 g/mol. The van der Waals surface area contributed by atoms with E-state index in [1.807, 2.05) is 12.1 Å². The zero-order valence-electron chi connectivity index (χ0n) is 10.7. The second-order valence-electron chi connectivity index (χ2n) is 4.31. The Morgan fingerprint density at radius 3 is 2.53 bits per heavy atom. The van der Waals surface area contributed by atoms with Crippen molar-refractivity contribution in [3.05, 3.63) is 50.6 Å². The van der Waals surface area contributed by atoms with E-state index in [9.17, 15) is 0 Å². The van der Waals surface area contributed by atoms with Gasteiger partial charge in [-0.25, -0.2) is 0 Å². The quantitative estimate of drug-likeness (QED) is 0.627. The summed E-state index contributed by atoms with van der Waals surface area (Å²) >= 11 is 5.30. The summed E-state index contributed by atoms with van der Waals surface area (Å²) in [6.07, 6.45) is 1.81. The number of hydrogen-bond donors (Lipinski definition) is 2. The first-order chi connectivity index (χ1) is 9.22. The van der Waals surface area contributed by atoms with Crippen molar-refractivity contribution in [2.24, 2.45) is 5.84 Å². The number of thiophene rings is 1. The lowest BCUT2D eigenvalue weighted by Gasteiger charge is -2.15. The van der Waals surface area contributed by atoms with Crippen molar-refractivity contribution >= 4 is 27.3 Å². The maximum Gasteiger partial charge on any atom is 0.118 e. The maximum absolute atomic E-state index is 5.66. The van der Waals surface area contributed by atoms with Crippen LogP contribution in [0.4, 0.5) is 0 Å².